The summed E-state index contributed by atoms with van der Waals surface area (Å²) in [6, 6.07) is -0.0978. The van der Waals surface area contributed by atoms with Crippen molar-refractivity contribution in [2.75, 3.05) is 0 Å². The molecule has 5 nitrogen and oxygen atoms in total. The van der Waals surface area contributed by atoms with Crippen molar-refractivity contribution in [2.45, 2.75) is 75.8 Å². The first-order chi connectivity index (χ1) is 9.12. The summed E-state index contributed by atoms with van der Waals surface area (Å²) in [6.07, 6.45) is 9.43. The fraction of sp³-hybridized carbons (Fsp3) is 0.857. The fourth-order valence-corrected chi connectivity index (χ4v) is 3.23. The van der Waals surface area contributed by atoms with Gasteiger partial charge in [-0.25, -0.2) is 9.59 Å². The summed E-state index contributed by atoms with van der Waals surface area (Å²) in [6.45, 7) is 0. The van der Waals surface area contributed by atoms with E-state index in [1.54, 1.807) is 0 Å². The Labute approximate surface area is 114 Å². The molecule has 19 heavy (non-hydrogen) atoms. The molecule has 0 radical (unpaired) electrons. The van der Waals surface area contributed by atoms with E-state index in [1.807, 2.05) is 0 Å². The van der Waals surface area contributed by atoms with Gasteiger partial charge < -0.3 is 15.7 Å². The van der Waals surface area contributed by atoms with Crippen LogP contribution in [0, 0.1) is 0 Å². The Morgan fingerprint density at radius 2 is 1.53 bits per heavy atom. The highest BCUT2D eigenvalue weighted by molar-refractivity contribution is 5.86. The van der Waals surface area contributed by atoms with Crippen LogP contribution in [0.5, 0.6) is 0 Å². The highest BCUT2D eigenvalue weighted by atomic mass is 16.4. The topological polar surface area (TPSA) is 78.4 Å². The molecule has 0 bridgehead atoms. The van der Waals surface area contributed by atoms with Gasteiger partial charge in [0.1, 0.15) is 5.54 Å². The molecule has 0 atom stereocenters. The van der Waals surface area contributed by atoms with Gasteiger partial charge in [-0.3, -0.25) is 0 Å². The average molecular weight is 268 g/mol. The van der Waals surface area contributed by atoms with E-state index in [2.05, 4.69) is 10.6 Å². The van der Waals surface area contributed by atoms with Gasteiger partial charge in [0.15, 0.2) is 0 Å². The molecule has 0 aromatic rings. The molecule has 5 heteroatoms. The maximum Gasteiger partial charge on any atom is 0.329 e. The zero-order valence-electron chi connectivity index (χ0n) is 11.4. The molecule has 0 saturated heterocycles. The molecule has 2 saturated carbocycles. The van der Waals surface area contributed by atoms with Crippen LogP contribution in [0.1, 0.15) is 64.2 Å². The Balaban J connectivity index is 1.89. The number of carboxylic acids is 1. The Bertz CT molecular complexity index is 332. The Morgan fingerprint density at radius 3 is 2.11 bits per heavy atom. The quantitative estimate of drug-likeness (QED) is 0.735. The van der Waals surface area contributed by atoms with Crippen molar-refractivity contribution < 1.29 is 14.7 Å². The van der Waals surface area contributed by atoms with Crippen LogP contribution < -0.4 is 10.6 Å². The fourth-order valence-electron chi connectivity index (χ4n) is 3.23. The summed E-state index contributed by atoms with van der Waals surface area (Å²) in [5.41, 5.74) is -1.04. The smallest absolute Gasteiger partial charge is 0.329 e. The third-order valence-electron chi connectivity index (χ3n) is 4.41. The molecular weight excluding hydrogens is 244 g/mol. The van der Waals surface area contributed by atoms with Crippen LogP contribution in [-0.4, -0.2) is 28.7 Å². The number of amides is 2. The number of carbonyl (C=O) groups is 2. The summed E-state index contributed by atoms with van der Waals surface area (Å²) < 4.78 is 0. The normalized spacial score (nSPS) is 23.6. The Hall–Kier alpha value is -1.26. The summed E-state index contributed by atoms with van der Waals surface area (Å²) in [7, 11) is 0. The van der Waals surface area contributed by atoms with Crippen molar-refractivity contribution in [3.8, 4) is 0 Å². The Kier molecular flexibility index (Phi) is 4.66. The number of rotatable bonds is 3. The monoisotopic (exact) mass is 268 g/mol. The maximum atomic E-state index is 12.0. The van der Waals surface area contributed by atoms with Gasteiger partial charge in [-0.1, -0.05) is 38.5 Å². The standard InChI is InChI=1S/C14H24N2O3/c17-12(18)14(9-5-2-6-10-14)16-13(19)15-11-7-3-1-4-8-11/h11H,1-10H2,(H,17,18)(H2,15,16,19). The first kappa shape index (κ1) is 14.2. The van der Waals surface area contributed by atoms with E-state index in [-0.39, 0.29) is 12.1 Å². The van der Waals surface area contributed by atoms with E-state index in [0.29, 0.717) is 12.8 Å². The van der Waals surface area contributed by atoms with Crippen molar-refractivity contribution in [2.24, 2.45) is 0 Å². The van der Waals surface area contributed by atoms with Gasteiger partial charge in [0.2, 0.25) is 0 Å². The second-order valence-corrected chi connectivity index (χ2v) is 5.88. The van der Waals surface area contributed by atoms with Gasteiger partial charge >= 0.3 is 12.0 Å². The minimum atomic E-state index is -1.04. The molecule has 3 N–H and O–H groups in total. The minimum Gasteiger partial charge on any atom is -0.480 e. The summed E-state index contributed by atoms with van der Waals surface area (Å²) in [4.78, 5) is 23.5. The number of urea groups is 1. The SMILES string of the molecule is O=C(NC1CCCCC1)NC1(C(=O)O)CCCCC1. The predicted molar refractivity (Wildman–Crippen MR) is 72.0 cm³/mol. The van der Waals surface area contributed by atoms with E-state index >= 15 is 0 Å². The molecule has 2 rings (SSSR count). The van der Waals surface area contributed by atoms with Crippen molar-refractivity contribution in [3.63, 3.8) is 0 Å². The average Bonchev–Trinajstić information content (AvgIpc) is 2.40. The third kappa shape index (κ3) is 3.61. The van der Waals surface area contributed by atoms with E-state index in [9.17, 15) is 14.7 Å². The van der Waals surface area contributed by atoms with E-state index in [1.165, 1.54) is 6.42 Å². The van der Waals surface area contributed by atoms with Crippen LogP contribution in [0.2, 0.25) is 0 Å². The molecular formula is C14H24N2O3. The van der Waals surface area contributed by atoms with Crippen molar-refractivity contribution >= 4 is 12.0 Å². The highest BCUT2D eigenvalue weighted by Crippen LogP contribution is 2.28. The van der Waals surface area contributed by atoms with Crippen LogP contribution >= 0.6 is 0 Å². The molecule has 0 aliphatic heterocycles. The maximum absolute atomic E-state index is 12.0. The molecule has 0 heterocycles. The zero-order valence-corrected chi connectivity index (χ0v) is 11.4. The first-order valence-electron chi connectivity index (χ1n) is 7.44. The second kappa shape index (κ2) is 6.26. The van der Waals surface area contributed by atoms with Crippen molar-refractivity contribution in [1.29, 1.82) is 0 Å². The number of aliphatic carboxylic acids is 1. The third-order valence-corrected chi connectivity index (χ3v) is 4.41. The molecule has 108 valence electrons. The summed E-state index contributed by atoms with van der Waals surface area (Å²) in [5, 5.41) is 15.1. The number of carbonyl (C=O) groups excluding carboxylic acids is 1. The first-order valence-corrected chi connectivity index (χ1v) is 7.44. The van der Waals surface area contributed by atoms with Gasteiger partial charge in [-0.15, -0.1) is 0 Å². The lowest BCUT2D eigenvalue weighted by Gasteiger charge is -2.34. The van der Waals surface area contributed by atoms with E-state index in [4.69, 9.17) is 0 Å². The molecule has 0 unspecified atom stereocenters. The van der Waals surface area contributed by atoms with Gasteiger partial charge in [-0.2, -0.15) is 0 Å². The molecule has 0 aromatic carbocycles. The summed E-state index contributed by atoms with van der Waals surface area (Å²) >= 11 is 0. The van der Waals surface area contributed by atoms with Crippen LogP contribution in [0.25, 0.3) is 0 Å². The Morgan fingerprint density at radius 1 is 0.947 bits per heavy atom. The van der Waals surface area contributed by atoms with Crippen LogP contribution in [0.15, 0.2) is 0 Å². The van der Waals surface area contributed by atoms with E-state index < -0.39 is 11.5 Å². The number of nitrogens with one attached hydrogen (secondary N) is 2. The van der Waals surface area contributed by atoms with Crippen LogP contribution in [0.4, 0.5) is 4.79 Å². The number of carboxylic acid groups (broad SMARTS) is 1. The van der Waals surface area contributed by atoms with Crippen molar-refractivity contribution in [1.82, 2.24) is 10.6 Å². The van der Waals surface area contributed by atoms with Crippen LogP contribution in [-0.2, 0) is 4.79 Å². The van der Waals surface area contributed by atoms with Gasteiger partial charge in [0.25, 0.3) is 0 Å². The second-order valence-electron chi connectivity index (χ2n) is 5.88. The molecule has 2 aliphatic carbocycles. The predicted octanol–water partition coefficient (Wildman–Crippen LogP) is 2.41. The summed E-state index contributed by atoms with van der Waals surface area (Å²) in [5.74, 6) is -0.897. The van der Waals surface area contributed by atoms with Crippen molar-refractivity contribution in [3.05, 3.63) is 0 Å². The lowest BCUT2D eigenvalue weighted by Crippen LogP contribution is -2.59. The lowest BCUT2D eigenvalue weighted by atomic mass is 9.82. The minimum absolute atomic E-state index is 0.211. The van der Waals surface area contributed by atoms with Gasteiger partial charge in [-0.05, 0) is 25.7 Å². The lowest BCUT2D eigenvalue weighted by molar-refractivity contribution is -0.145. The van der Waals surface area contributed by atoms with E-state index in [0.717, 1.165) is 44.9 Å². The van der Waals surface area contributed by atoms with Gasteiger partial charge in [0, 0.05) is 6.04 Å². The van der Waals surface area contributed by atoms with Gasteiger partial charge in [0.05, 0.1) is 0 Å². The molecule has 2 amide bonds. The zero-order chi connectivity index (χ0) is 13.7. The molecule has 2 aliphatic rings. The molecule has 2 fully saturated rings. The highest BCUT2D eigenvalue weighted by Gasteiger charge is 2.41. The molecule has 0 aromatic heterocycles. The number of hydrogen-bond acceptors (Lipinski definition) is 2. The molecule has 0 spiro atoms. The number of hydrogen-bond donors (Lipinski definition) is 3. The van der Waals surface area contributed by atoms with Crippen LogP contribution in [0.3, 0.4) is 0 Å². The largest absolute Gasteiger partial charge is 0.480 e.